The van der Waals surface area contributed by atoms with Crippen molar-refractivity contribution in [2.24, 2.45) is 0 Å². The van der Waals surface area contributed by atoms with Crippen molar-refractivity contribution in [2.45, 2.75) is 45.3 Å². The van der Waals surface area contributed by atoms with E-state index in [4.69, 9.17) is 21.1 Å². The summed E-state index contributed by atoms with van der Waals surface area (Å²) in [7, 11) is 1.30. The maximum Gasteiger partial charge on any atom is 0.410 e. The number of hydrogen-bond acceptors (Lipinski definition) is 5. The third-order valence-corrected chi connectivity index (χ3v) is 3.99. The number of likely N-dealkylation sites (tertiary alicyclic amines) is 1. The number of methoxy groups -OCH3 is 1. The van der Waals surface area contributed by atoms with Crippen LogP contribution in [0, 0.1) is 0 Å². The van der Waals surface area contributed by atoms with Crippen LogP contribution in [0.3, 0.4) is 0 Å². The Morgan fingerprint density at radius 3 is 2.60 bits per heavy atom. The Labute approximate surface area is 153 Å². The molecule has 7 heteroatoms. The molecule has 1 fully saturated rings. The van der Waals surface area contributed by atoms with Gasteiger partial charge in [-0.05, 0) is 51.8 Å². The lowest BCUT2D eigenvalue weighted by Gasteiger charge is -2.34. The molecule has 25 heavy (non-hydrogen) atoms. The molecular weight excluding hydrogens is 346 g/mol. The van der Waals surface area contributed by atoms with Crippen molar-refractivity contribution in [3.05, 3.63) is 28.8 Å². The number of piperidine rings is 1. The van der Waals surface area contributed by atoms with Crippen molar-refractivity contribution < 1.29 is 23.8 Å². The molecule has 0 spiro atoms. The number of ether oxygens (including phenoxy) is 3. The molecule has 138 valence electrons. The summed E-state index contributed by atoms with van der Waals surface area (Å²) in [6.45, 7) is 6.62. The molecule has 0 N–H and O–H groups in total. The summed E-state index contributed by atoms with van der Waals surface area (Å²) in [4.78, 5) is 25.4. The predicted octanol–water partition coefficient (Wildman–Crippen LogP) is 3.90. The molecule has 1 aromatic carbocycles. The van der Waals surface area contributed by atoms with Gasteiger partial charge in [-0.1, -0.05) is 11.6 Å². The van der Waals surface area contributed by atoms with E-state index in [0.29, 0.717) is 18.8 Å². The van der Waals surface area contributed by atoms with Gasteiger partial charge in [-0.25, -0.2) is 9.59 Å². The Morgan fingerprint density at radius 2 is 2.00 bits per heavy atom. The molecule has 0 radical (unpaired) electrons. The van der Waals surface area contributed by atoms with Crippen LogP contribution in [0.25, 0.3) is 0 Å². The topological polar surface area (TPSA) is 65.1 Å². The van der Waals surface area contributed by atoms with E-state index >= 15 is 0 Å². The van der Waals surface area contributed by atoms with Crippen LogP contribution in [0.1, 0.15) is 44.0 Å². The predicted molar refractivity (Wildman–Crippen MR) is 94.2 cm³/mol. The number of benzene rings is 1. The normalized spacial score (nSPS) is 17.8. The van der Waals surface area contributed by atoms with E-state index in [9.17, 15) is 9.59 Å². The smallest absolute Gasteiger partial charge is 0.410 e. The summed E-state index contributed by atoms with van der Waals surface area (Å²) in [5.74, 6) is 0.0546. The molecule has 1 heterocycles. The monoisotopic (exact) mass is 369 g/mol. The Hall–Kier alpha value is -1.95. The Bertz CT molecular complexity index is 641. The van der Waals surface area contributed by atoms with Crippen molar-refractivity contribution in [3.63, 3.8) is 0 Å². The molecule has 0 unspecified atom stereocenters. The quantitative estimate of drug-likeness (QED) is 0.756. The Balaban J connectivity index is 1.99. The SMILES string of the molecule is COC(=O)c1ccc(O[C@@H]2CCCN(C(=O)OC(C)(C)C)C2)cc1Cl. The van der Waals surface area contributed by atoms with Gasteiger partial charge < -0.3 is 19.1 Å². The summed E-state index contributed by atoms with van der Waals surface area (Å²) in [6.07, 6.45) is 1.18. The van der Waals surface area contributed by atoms with Crippen LogP contribution in [0.2, 0.25) is 5.02 Å². The highest BCUT2D eigenvalue weighted by atomic mass is 35.5. The average Bonchev–Trinajstić information content (AvgIpc) is 2.53. The molecule has 1 atom stereocenters. The summed E-state index contributed by atoms with van der Waals surface area (Å²) >= 11 is 6.11. The van der Waals surface area contributed by atoms with Crippen molar-refractivity contribution in [2.75, 3.05) is 20.2 Å². The highest BCUT2D eigenvalue weighted by Gasteiger charge is 2.28. The van der Waals surface area contributed by atoms with Gasteiger partial charge >= 0.3 is 12.1 Å². The maximum absolute atomic E-state index is 12.2. The molecule has 0 saturated carbocycles. The zero-order valence-corrected chi connectivity index (χ0v) is 15.8. The molecule has 1 aromatic rings. The minimum Gasteiger partial charge on any atom is -0.489 e. The third-order valence-electron chi connectivity index (χ3n) is 3.68. The lowest BCUT2D eigenvalue weighted by atomic mass is 10.1. The molecule has 1 aliphatic rings. The second kappa shape index (κ2) is 7.95. The lowest BCUT2D eigenvalue weighted by Crippen LogP contribution is -2.46. The highest BCUT2D eigenvalue weighted by molar-refractivity contribution is 6.33. The van der Waals surface area contributed by atoms with E-state index in [2.05, 4.69) is 4.74 Å². The first-order chi connectivity index (χ1) is 11.7. The number of halogens is 1. The fraction of sp³-hybridized carbons (Fsp3) is 0.556. The van der Waals surface area contributed by atoms with Crippen molar-refractivity contribution >= 4 is 23.7 Å². The summed E-state index contributed by atoms with van der Waals surface area (Å²) < 4.78 is 16.0. The number of esters is 1. The van der Waals surface area contributed by atoms with Crippen LogP contribution in [-0.2, 0) is 9.47 Å². The van der Waals surface area contributed by atoms with E-state index in [1.807, 2.05) is 20.8 Å². The van der Waals surface area contributed by atoms with Gasteiger partial charge in [0.1, 0.15) is 17.5 Å². The molecule has 0 aliphatic carbocycles. The molecular formula is C18H24ClNO5. The van der Waals surface area contributed by atoms with Crippen molar-refractivity contribution in [3.8, 4) is 5.75 Å². The average molecular weight is 370 g/mol. The standard InChI is InChI=1S/C18H24ClNO5/c1-18(2,3)25-17(22)20-9-5-6-13(11-20)24-12-7-8-14(15(19)10-12)16(21)23-4/h7-8,10,13H,5-6,9,11H2,1-4H3/t13-/m1/s1. The molecule has 1 aliphatic heterocycles. The van der Waals surface area contributed by atoms with Gasteiger partial charge in [0, 0.05) is 6.54 Å². The first-order valence-corrected chi connectivity index (χ1v) is 8.60. The van der Waals surface area contributed by atoms with Gasteiger partial charge in [-0.15, -0.1) is 0 Å². The zero-order valence-electron chi connectivity index (χ0n) is 15.0. The van der Waals surface area contributed by atoms with Gasteiger partial charge in [0.05, 0.1) is 24.2 Å². The van der Waals surface area contributed by atoms with Gasteiger partial charge in [0.15, 0.2) is 0 Å². The molecule has 6 nitrogen and oxygen atoms in total. The van der Waals surface area contributed by atoms with Gasteiger partial charge in [-0.2, -0.15) is 0 Å². The minimum absolute atomic E-state index is 0.152. The lowest BCUT2D eigenvalue weighted by molar-refractivity contribution is 0.00773. The zero-order chi connectivity index (χ0) is 18.6. The van der Waals surface area contributed by atoms with Crippen LogP contribution in [0.5, 0.6) is 5.75 Å². The van der Waals surface area contributed by atoms with Crippen molar-refractivity contribution in [1.29, 1.82) is 0 Å². The largest absolute Gasteiger partial charge is 0.489 e. The third kappa shape index (κ3) is 5.53. The summed E-state index contributed by atoms with van der Waals surface area (Å²) in [6, 6.07) is 4.82. The molecule has 0 aromatic heterocycles. The highest BCUT2D eigenvalue weighted by Crippen LogP contribution is 2.26. The number of carbonyl (C=O) groups is 2. The van der Waals surface area contributed by atoms with Crippen LogP contribution >= 0.6 is 11.6 Å². The number of rotatable bonds is 3. The fourth-order valence-corrected chi connectivity index (χ4v) is 2.81. The Kier molecular flexibility index (Phi) is 6.16. The Morgan fingerprint density at radius 1 is 1.28 bits per heavy atom. The summed E-state index contributed by atoms with van der Waals surface area (Å²) in [5, 5.41) is 0.268. The number of carbonyl (C=O) groups excluding carboxylic acids is 2. The molecule has 0 bridgehead atoms. The van der Waals surface area contributed by atoms with E-state index in [0.717, 1.165) is 12.8 Å². The number of hydrogen-bond donors (Lipinski definition) is 0. The molecule has 1 amide bonds. The second-order valence-electron chi connectivity index (χ2n) is 6.94. The van der Waals surface area contributed by atoms with E-state index < -0.39 is 11.6 Å². The van der Waals surface area contributed by atoms with E-state index in [1.165, 1.54) is 7.11 Å². The maximum atomic E-state index is 12.2. The molecule has 2 rings (SSSR count). The van der Waals surface area contributed by atoms with Gasteiger partial charge in [0.25, 0.3) is 0 Å². The van der Waals surface area contributed by atoms with E-state index in [1.54, 1.807) is 23.1 Å². The van der Waals surface area contributed by atoms with Gasteiger partial charge in [0.2, 0.25) is 0 Å². The number of nitrogens with zero attached hydrogens (tertiary/aromatic N) is 1. The van der Waals surface area contributed by atoms with Crippen LogP contribution < -0.4 is 4.74 Å². The minimum atomic E-state index is -0.526. The van der Waals surface area contributed by atoms with Crippen LogP contribution in [0.15, 0.2) is 18.2 Å². The van der Waals surface area contributed by atoms with Crippen LogP contribution in [0.4, 0.5) is 4.79 Å². The first-order valence-electron chi connectivity index (χ1n) is 8.22. The van der Waals surface area contributed by atoms with Gasteiger partial charge in [-0.3, -0.25) is 0 Å². The van der Waals surface area contributed by atoms with E-state index in [-0.39, 0.29) is 22.8 Å². The summed E-state index contributed by atoms with van der Waals surface area (Å²) in [5.41, 5.74) is -0.238. The second-order valence-corrected chi connectivity index (χ2v) is 7.35. The molecule has 1 saturated heterocycles. The first kappa shape index (κ1) is 19.4. The van der Waals surface area contributed by atoms with Crippen molar-refractivity contribution in [1.82, 2.24) is 4.90 Å². The fourth-order valence-electron chi connectivity index (χ4n) is 2.56. The number of amides is 1. The van der Waals surface area contributed by atoms with Crippen LogP contribution in [-0.4, -0.2) is 48.9 Å².